The van der Waals surface area contributed by atoms with Crippen LogP contribution in [0.1, 0.15) is 136 Å². The van der Waals surface area contributed by atoms with Gasteiger partial charge in [-0.25, -0.2) is 0 Å². The molecule has 4 rings (SSSR count). The summed E-state index contributed by atoms with van der Waals surface area (Å²) in [6.45, 7) is 9.62. The Balaban J connectivity index is 0.0000141. The first-order valence-corrected chi connectivity index (χ1v) is 28.4. The predicted octanol–water partition coefficient (Wildman–Crippen LogP) is 16.7. The summed E-state index contributed by atoms with van der Waals surface area (Å²) in [6.07, 6.45) is 34.3. The molecule has 0 unspecified atom stereocenters. The molecule has 0 amide bonds. The SMILES string of the molecule is C[N+](C)(C)CCCCCCN(CCCCCC[N+](C)(C)C)c1ccc(/C=C/c2ccc(/C=C/c3ccc(/C=C/c4ccc(N(CCCCCC[N+](C)(C)C)CCCCCC[N+](C)(C)C)cc4)cc3)cc2)cc1.[CH3-].[CH3-].[CH3-].[CH3-]. The van der Waals surface area contributed by atoms with Crippen LogP contribution >= 0.6 is 0 Å². The third-order valence-corrected chi connectivity index (χ3v) is 13.8. The summed E-state index contributed by atoms with van der Waals surface area (Å²) >= 11 is 0. The Bertz CT molecular complexity index is 1910. The lowest BCUT2D eigenvalue weighted by molar-refractivity contribution is -0.870. The van der Waals surface area contributed by atoms with Gasteiger partial charge in [0.05, 0.1) is 111 Å². The van der Waals surface area contributed by atoms with Crippen molar-refractivity contribution >= 4 is 47.8 Å². The van der Waals surface area contributed by atoms with Crippen molar-refractivity contribution in [2.45, 2.75) is 103 Å². The van der Waals surface area contributed by atoms with E-state index >= 15 is 0 Å². The van der Waals surface area contributed by atoms with E-state index in [1.165, 1.54) is 174 Å². The van der Waals surface area contributed by atoms with Crippen LogP contribution in [0, 0.1) is 29.7 Å². The average Bonchev–Trinajstić information content (AvgIpc) is 3.32. The molecule has 4 aromatic rings. The second-order valence-corrected chi connectivity index (χ2v) is 25.2. The summed E-state index contributed by atoms with van der Waals surface area (Å²) in [5.41, 5.74) is 10.0. The van der Waals surface area contributed by atoms with Crippen LogP contribution in [-0.2, 0) is 0 Å². The first-order valence-electron chi connectivity index (χ1n) is 28.4. The van der Waals surface area contributed by atoms with Crippen molar-refractivity contribution in [3.05, 3.63) is 160 Å². The zero-order valence-corrected chi connectivity index (χ0v) is 52.4. The van der Waals surface area contributed by atoms with Gasteiger partial charge < -0.3 is 57.4 Å². The summed E-state index contributed by atoms with van der Waals surface area (Å²) in [7, 11) is 27.6. The molecule has 0 radical (unpaired) electrons. The van der Waals surface area contributed by atoms with Crippen LogP contribution in [0.5, 0.6) is 0 Å². The molecule has 0 heterocycles. The van der Waals surface area contributed by atoms with Gasteiger partial charge in [0.1, 0.15) is 0 Å². The lowest BCUT2D eigenvalue weighted by Gasteiger charge is -2.26. The van der Waals surface area contributed by atoms with E-state index in [1.54, 1.807) is 0 Å². The smallest absolute Gasteiger partial charge is 0.0780 e. The minimum atomic E-state index is 0. The van der Waals surface area contributed by atoms with Gasteiger partial charge >= 0.3 is 0 Å². The predicted molar refractivity (Wildman–Crippen MR) is 348 cm³/mol. The molecule has 0 aliphatic carbocycles. The highest BCUT2D eigenvalue weighted by Crippen LogP contribution is 2.23. The molecule has 76 heavy (non-hydrogen) atoms. The third-order valence-electron chi connectivity index (χ3n) is 13.8. The van der Waals surface area contributed by atoms with Gasteiger partial charge in [0.2, 0.25) is 0 Å². The van der Waals surface area contributed by atoms with E-state index in [9.17, 15) is 0 Å². The molecule has 0 aliphatic heterocycles. The summed E-state index contributed by atoms with van der Waals surface area (Å²) in [6, 6.07) is 36.3. The number of hydrogen-bond acceptors (Lipinski definition) is 2. The largest absolute Gasteiger partial charge is 0.372 e. The third kappa shape index (κ3) is 33.6. The number of rotatable bonds is 36. The first kappa shape index (κ1) is 71.5. The molecule has 0 saturated heterocycles. The molecule has 6 nitrogen and oxygen atoms in total. The molecule has 0 saturated carbocycles. The van der Waals surface area contributed by atoms with Gasteiger partial charge in [-0.1, -0.05) is 135 Å². The maximum atomic E-state index is 2.65. The van der Waals surface area contributed by atoms with Crippen molar-refractivity contribution in [3.63, 3.8) is 0 Å². The van der Waals surface area contributed by atoms with Gasteiger partial charge in [-0.05, 0) is 135 Å². The van der Waals surface area contributed by atoms with E-state index in [2.05, 4.69) is 228 Å². The van der Waals surface area contributed by atoms with Gasteiger partial charge in [-0.2, -0.15) is 0 Å². The lowest BCUT2D eigenvalue weighted by atomic mass is 10.1. The highest BCUT2D eigenvalue weighted by Gasteiger charge is 2.12. The molecule has 0 bridgehead atoms. The summed E-state index contributed by atoms with van der Waals surface area (Å²) in [4.78, 5) is 5.29. The first-order chi connectivity index (χ1) is 34.2. The van der Waals surface area contributed by atoms with Crippen molar-refractivity contribution in [2.75, 3.05) is 147 Å². The highest BCUT2D eigenvalue weighted by molar-refractivity contribution is 5.75. The van der Waals surface area contributed by atoms with Crippen LogP contribution in [0.15, 0.2) is 97.1 Å². The Kier molecular flexibility index (Phi) is 35.2. The van der Waals surface area contributed by atoms with Crippen molar-refractivity contribution in [1.82, 2.24) is 0 Å². The summed E-state index contributed by atoms with van der Waals surface area (Å²) in [5.74, 6) is 0. The normalized spacial score (nSPS) is 12.1. The topological polar surface area (TPSA) is 6.48 Å². The van der Waals surface area contributed by atoms with Crippen molar-refractivity contribution in [1.29, 1.82) is 0 Å². The van der Waals surface area contributed by atoms with E-state index in [4.69, 9.17) is 0 Å². The van der Waals surface area contributed by atoms with E-state index in [-0.39, 0.29) is 29.7 Å². The molecule has 0 spiro atoms. The molecular formula is C70H118N6. The van der Waals surface area contributed by atoms with Crippen LogP contribution in [-0.4, -0.2) is 155 Å². The fraction of sp³-hybridized carbons (Fsp3) is 0.514. The van der Waals surface area contributed by atoms with Crippen LogP contribution in [0.4, 0.5) is 11.4 Å². The molecule has 0 aromatic heterocycles. The van der Waals surface area contributed by atoms with Gasteiger partial charge in [0, 0.05) is 37.6 Å². The lowest BCUT2D eigenvalue weighted by Crippen LogP contribution is -2.35. The molecule has 0 atom stereocenters. The maximum absolute atomic E-state index is 2.65. The van der Waals surface area contributed by atoms with Crippen LogP contribution < -0.4 is 9.80 Å². The Morgan fingerprint density at radius 1 is 0.237 bits per heavy atom. The minimum absolute atomic E-state index is 0. The number of nitrogens with zero attached hydrogens (tertiary/aromatic N) is 6. The second-order valence-electron chi connectivity index (χ2n) is 25.2. The minimum Gasteiger partial charge on any atom is -0.372 e. The molecule has 0 N–H and O–H groups in total. The Hall–Kier alpha value is -4.46. The molecule has 0 fully saturated rings. The van der Waals surface area contributed by atoms with Crippen LogP contribution in [0.25, 0.3) is 36.5 Å². The Labute approximate surface area is 473 Å². The average molecular weight is 1040 g/mol. The number of hydrogen-bond donors (Lipinski definition) is 0. The van der Waals surface area contributed by atoms with Crippen LogP contribution in [0.2, 0.25) is 0 Å². The standard InChI is InChI=1S/C66H106N6.4CH3/c1-69(2,3)55-25-17-13-21-51-67(52-22-14-18-26-56-70(4,5)6)65-47-43-63(44-48-65)41-39-61-35-31-59(32-36-61)29-30-60-33-37-62(38-34-60)40-42-64-45-49-66(50-46-64)68(53-23-15-19-27-57-71(7,8)9)54-24-16-20-28-58-72(10,11)12;;;;/h29-50H,13-28,51-58H2,1-12H3;4*1H3/q+4;4*-1/b30-29+,41-39+,42-40+;;;;. The van der Waals surface area contributed by atoms with Crippen molar-refractivity contribution < 1.29 is 17.9 Å². The molecule has 4 aromatic carbocycles. The number of anilines is 2. The van der Waals surface area contributed by atoms with Gasteiger partial charge in [0.25, 0.3) is 0 Å². The summed E-state index contributed by atoms with van der Waals surface area (Å²) < 4.78 is 4.25. The van der Waals surface area contributed by atoms with E-state index < -0.39 is 0 Å². The quantitative estimate of drug-likeness (QED) is 0.0194. The summed E-state index contributed by atoms with van der Waals surface area (Å²) in [5, 5.41) is 0. The Morgan fingerprint density at radius 2 is 0.395 bits per heavy atom. The number of benzene rings is 4. The fourth-order valence-corrected chi connectivity index (χ4v) is 9.32. The van der Waals surface area contributed by atoms with E-state index in [0.29, 0.717) is 0 Å². The molecule has 428 valence electrons. The number of quaternary nitrogens is 4. The Morgan fingerprint density at radius 3 is 0.566 bits per heavy atom. The zero-order chi connectivity index (χ0) is 52.3. The number of unbranched alkanes of at least 4 members (excludes halogenated alkanes) is 12. The van der Waals surface area contributed by atoms with Gasteiger partial charge in [-0.15, -0.1) is 0 Å². The molecular weight excluding hydrogens is 925 g/mol. The van der Waals surface area contributed by atoms with Gasteiger partial charge in [0.15, 0.2) is 0 Å². The zero-order valence-electron chi connectivity index (χ0n) is 52.4. The molecule has 0 aliphatic rings. The van der Waals surface area contributed by atoms with Gasteiger partial charge in [-0.3, -0.25) is 0 Å². The highest BCUT2D eigenvalue weighted by atomic mass is 15.3. The van der Waals surface area contributed by atoms with Crippen LogP contribution in [0.3, 0.4) is 0 Å². The fourth-order valence-electron chi connectivity index (χ4n) is 9.32. The van der Waals surface area contributed by atoms with Crippen molar-refractivity contribution in [3.8, 4) is 0 Å². The monoisotopic (exact) mass is 1040 g/mol. The molecule has 6 heteroatoms. The van der Waals surface area contributed by atoms with E-state index in [0.717, 1.165) is 44.1 Å². The van der Waals surface area contributed by atoms with Crippen molar-refractivity contribution in [2.24, 2.45) is 0 Å². The second kappa shape index (κ2) is 37.4. The maximum Gasteiger partial charge on any atom is 0.0780 e. The van der Waals surface area contributed by atoms with E-state index in [1.807, 2.05) is 0 Å².